The second-order valence-electron chi connectivity index (χ2n) is 6.76. The van der Waals surface area contributed by atoms with Crippen molar-refractivity contribution in [1.29, 1.82) is 0 Å². The number of carbonyl (C=O) groups excluding carboxylic acids is 1. The Hall–Kier alpha value is -1.98. The van der Waals surface area contributed by atoms with Crippen molar-refractivity contribution in [2.45, 2.75) is 25.7 Å². The minimum Gasteiger partial charge on any atom is -0.493 e. The maximum atomic E-state index is 14.1. The Balaban J connectivity index is 1.85. The summed E-state index contributed by atoms with van der Waals surface area (Å²) in [6.07, 6.45) is 6.17. The van der Waals surface area contributed by atoms with Crippen molar-refractivity contribution in [2.24, 2.45) is 0 Å². The lowest BCUT2D eigenvalue weighted by Gasteiger charge is -2.14. The molecule has 3 nitrogen and oxygen atoms in total. The van der Waals surface area contributed by atoms with E-state index >= 15 is 0 Å². The molecule has 0 saturated carbocycles. The number of carbonyl (C=O) groups is 1. The predicted molar refractivity (Wildman–Crippen MR) is 116 cm³/mol. The van der Waals surface area contributed by atoms with Crippen LogP contribution in [-0.4, -0.2) is 37.4 Å². The van der Waals surface area contributed by atoms with Gasteiger partial charge in [-0.15, -0.1) is 6.58 Å². The summed E-state index contributed by atoms with van der Waals surface area (Å²) in [7, 11) is 2.09. The molecule has 0 aliphatic carbocycles. The van der Waals surface area contributed by atoms with E-state index in [-0.39, 0.29) is 11.3 Å². The Morgan fingerprint density at radius 3 is 2.64 bits per heavy atom. The van der Waals surface area contributed by atoms with Crippen LogP contribution in [0.2, 0.25) is 0 Å². The number of hydrogen-bond acceptors (Lipinski definition) is 3. The van der Waals surface area contributed by atoms with Crippen LogP contribution in [0.15, 0.2) is 59.6 Å². The van der Waals surface area contributed by atoms with Gasteiger partial charge in [-0.2, -0.15) is 0 Å². The zero-order chi connectivity index (χ0) is 20.4. The van der Waals surface area contributed by atoms with Crippen LogP contribution in [-0.2, 0) is 0 Å². The summed E-state index contributed by atoms with van der Waals surface area (Å²) in [5.74, 6) is -0.415. The van der Waals surface area contributed by atoms with Crippen molar-refractivity contribution < 1.29 is 13.9 Å². The van der Waals surface area contributed by atoms with Crippen molar-refractivity contribution >= 4 is 21.7 Å². The average molecular weight is 448 g/mol. The van der Waals surface area contributed by atoms with Crippen LogP contribution in [0.5, 0.6) is 5.75 Å². The fourth-order valence-electron chi connectivity index (χ4n) is 2.93. The van der Waals surface area contributed by atoms with Crippen LogP contribution < -0.4 is 4.74 Å². The first kappa shape index (κ1) is 22.3. The molecule has 0 atom stereocenters. The highest BCUT2D eigenvalue weighted by atomic mass is 79.9. The van der Waals surface area contributed by atoms with E-state index in [4.69, 9.17) is 4.74 Å². The minimum absolute atomic E-state index is 0.0443. The molecule has 2 rings (SSSR count). The van der Waals surface area contributed by atoms with Gasteiger partial charge in [0.1, 0.15) is 11.6 Å². The fraction of sp³-hybridized carbons (Fsp3) is 0.348. The SMILES string of the molecule is C=CCN(C)CCCCCCOc1ccccc1C(=O)c1ccc(Br)cc1F. The number of hydrogen-bond donors (Lipinski definition) is 0. The molecule has 0 unspecified atom stereocenters. The standard InChI is InChI=1S/C23H27BrFNO2/c1-3-14-26(2)15-8-4-5-9-16-28-22-11-7-6-10-20(22)23(27)19-13-12-18(24)17-21(19)25/h3,6-7,10-13,17H,1,4-5,8-9,14-16H2,2H3. The van der Waals surface area contributed by atoms with Crippen molar-refractivity contribution in [3.8, 4) is 5.75 Å². The lowest BCUT2D eigenvalue weighted by Crippen LogP contribution is -2.19. The van der Waals surface area contributed by atoms with Crippen LogP contribution in [0.4, 0.5) is 4.39 Å². The van der Waals surface area contributed by atoms with E-state index in [0.717, 1.165) is 38.8 Å². The molecule has 150 valence electrons. The number of ketones is 1. The van der Waals surface area contributed by atoms with Gasteiger partial charge < -0.3 is 9.64 Å². The molecular weight excluding hydrogens is 421 g/mol. The summed E-state index contributed by atoms with van der Waals surface area (Å²) in [4.78, 5) is 15.0. The van der Waals surface area contributed by atoms with Gasteiger partial charge in [-0.1, -0.05) is 47.0 Å². The maximum Gasteiger partial charge on any atom is 0.199 e. The van der Waals surface area contributed by atoms with E-state index in [1.54, 1.807) is 24.3 Å². The predicted octanol–water partition coefficient (Wildman–Crippen LogP) is 5.88. The summed E-state index contributed by atoms with van der Waals surface area (Å²) < 4.78 is 20.6. The molecule has 0 amide bonds. The number of unbranched alkanes of at least 4 members (excludes halogenated alkanes) is 3. The third-order valence-electron chi connectivity index (χ3n) is 4.44. The van der Waals surface area contributed by atoms with Crippen molar-refractivity contribution in [3.05, 3.63) is 76.5 Å². The highest BCUT2D eigenvalue weighted by Crippen LogP contribution is 2.24. The van der Waals surface area contributed by atoms with Crippen LogP contribution >= 0.6 is 15.9 Å². The second kappa shape index (κ2) is 11.8. The molecule has 0 N–H and O–H groups in total. The molecule has 0 saturated heterocycles. The molecule has 2 aromatic rings. The quantitative estimate of drug-likeness (QED) is 0.231. The van der Waals surface area contributed by atoms with E-state index in [0.29, 0.717) is 22.4 Å². The Morgan fingerprint density at radius 2 is 1.89 bits per heavy atom. The van der Waals surface area contributed by atoms with Gasteiger partial charge >= 0.3 is 0 Å². The van der Waals surface area contributed by atoms with Gasteiger partial charge in [0.2, 0.25) is 0 Å². The molecule has 0 aromatic heterocycles. The molecule has 0 fully saturated rings. The molecule has 0 spiro atoms. The van der Waals surface area contributed by atoms with Crippen LogP contribution in [0.3, 0.4) is 0 Å². The average Bonchev–Trinajstić information content (AvgIpc) is 2.67. The fourth-order valence-corrected chi connectivity index (χ4v) is 3.26. The molecule has 0 aliphatic rings. The Bertz CT molecular complexity index is 794. The molecule has 0 radical (unpaired) electrons. The van der Waals surface area contributed by atoms with Crippen LogP contribution in [0.25, 0.3) is 0 Å². The van der Waals surface area contributed by atoms with Crippen molar-refractivity contribution in [3.63, 3.8) is 0 Å². The topological polar surface area (TPSA) is 29.5 Å². The molecule has 0 heterocycles. The molecule has 28 heavy (non-hydrogen) atoms. The van der Waals surface area contributed by atoms with Crippen molar-refractivity contribution in [2.75, 3.05) is 26.7 Å². The molecule has 0 aliphatic heterocycles. The maximum absolute atomic E-state index is 14.1. The first-order chi connectivity index (χ1) is 13.5. The monoisotopic (exact) mass is 447 g/mol. The lowest BCUT2D eigenvalue weighted by atomic mass is 10.0. The smallest absolute Gasteiger partial charge is 0.199 e. The number of ether oxygens (including phenoxy) is 1. The summed E-state index contributed by atoms with van der Waals surface area (Å²) in [5.41, 5.74) is 0.428. The largest absolute Gasteiger partial charge is 0.493 e. The van der Waals surface area contributed by atoms with Crippen molar-refractivity contribution in [1.82, 2.24) is 4.90 Å². The van der Waals surface area contributed by atoms with Gasteiger partial charge in [-0.05, 0) is 56.8 Å². The number of rotatable bonds is 12. The summed E-state index contributed by atoms with van der Waals surface area (Å²) in [5, 5.41) is 0. The van der Waals surface area contributed by atoms with E-state index in [9.17, 15) is 9.18 Å². The third kappa shape index (κ3) is 6.88. The van der Waals surface area contributed by atoms with Gasteiger partial charge in [0.15, 0.2) is 5.78 Å². The first-order valence-corrected chi connectivity index (χ1v) is 10.3. The van der Waals surface area contributed by atoms with Crippen LogP contribution in [0, 0.1) is 5.82 Å². The number of para-hydroxylation sites is 1. The number of benzene rings is 2. The molecule has 5 heteroatoms. The van der Waals surface area contributed by atoms with Gasteiger partial charge in [0, 0.05) is 11.0 Å². The van der Waals surface area contributed by atoms with E-state index in [1.807, 2.05) is 12.1 Å². The molecular formula is C23H27BrFNO2. The lowest BCUT2D eigenvalue weighted by molar-refractivity contribution is 0.103. The summed E-state index contributed by atoms with van der Waals surface area (Å²) in [6.45, 7) is 6.25. The Labute approximate surface area is 175 Å². The zero-order valence-corrected chi connectivity index (χ0v) is 17.9. The number of halogens is 2. The minimum atomic E-state index is -0.546. The first-order valence-electron chi connectivity index (χ1n) is 9.54. The van der Waals surface area contributed by atoms with E-state index in [2.05, 4.69) is 34.5 Å². The van der Waals surface area contributed by atoms with Gasteiger partial charge in [0.05, 0.1) is 17.7 Å². The summed E-state index contributed by atoms with van der Waals surface area (Å²) >= 11 is 3.21. The third-order valence-corrected chi connectivity index (χ3v) is 4.93. The van der Waals surface area contributed by atoms with Crippen LogP contribution in [0.1, 0.15) is 41.6 Å². The van der Waals surface area contributed by atoms with E-state index < -0.39 is 5.82 Å². The van der Waals surface area contributed by atoms with Gasteiger partial charge in [-0.3, -0.25) is 4.79 Å². The Morgan fingerprint density at radius 1 is 1.14 bits per heavy atom. The molecule has 0 bridgehead atoms. The Kier molecular flexibility index (Phi) is 9.38. The highest BCUT2D eigenvalue weighted by molar-refractivity contribution is 9.10. The van der Waals surface area contributed by atoms with Gasteiger partial charge in [-0.25, -0.2) is 4.39 Å². The normalized spacial score (nSPS) is 10.9. The number of nitrogens with zero attached hydrogens (tertiary/aromatic N) is 1. The van der Waals surface area contributed by atoms with E-state index in [1.165, 1.54) is 12.1 Å². The summed E-state index contributed by atoms with van der Waals surface area (Å²) in [6, 6.07) is 11.5. The molecule has 2 aromatic carbocycles. The highest BCUT2D eigenvalue weighted by Gasteiger charge is 2.18. The second-order valence-corrected chi connectivity index (χ2v) is 7.68. The van der Waals surface area contributed by atoms with Gasteiger partial charge in [0.25, 0.3) is 0 Å². The number of likely N-dealkylation sites (N-methyl/N-ethyl adjacent to an activating group) is 1. The zero-order valence-electron chi connectivity index (χ0n) is 16.3.